The molecule has 430 valence electrons. The minimum atomic E-state index is -0.841. The van der Waals surface area contributed by atoms with Gasteiger partial charge in [-0.2, -0.15) is 4.98 Å². The molecule has 5 N–H and O–H groups in total. The highest BCUT2D eigenvalue weighted by atomic mass is 32.1. The third-order valence-electron chi connectivity index (χ3n) is 15.3. The Bertz CT molecular complexity index is 3220. The number of aromatic nitrogens is 4. The van der Waals surface area contributed by atoms with Crippen LogP contribution in [0, 0.1) is 19.3 Å². The number of carbonyl (C=O) groups excluding carboxylic acids is 4. The van der Waals surface area contributed by atoms with E-state index >= 15 is 0 Å². The van der Waals surface area contributed by atoms with Gasteiger partial charge in [-0.1, -0.05) is 103 Å². The number of aliphatic hydroxyl groups excluding tert-OH is 1. The molecular weight excluding hydrogens is 1040 g/mol. The van der Waals surface area contributed by atoms with Crippen LogP contribution in [0.4, 0.5) is 23.0 Å². The van der Waals surface area contributed by atoms with Crippen LogP contribution < -0.4 is 36.5 Å². The van der Waals surface area contributed by atoms with Crippen molar-refractivity contribution in [3.63, 3.8) is 0 Å². The van der Waals surface area contributed by atoms with Crippen LogP contribution in [0.1, 0.15) is 108 Å². The van der Waals surface area contributed by atoms with Crippen LogP contribution in [0.5, 0.6) is 5.75 Å². The van der Waals surface area contributed by atoms with Gasteiger partial charge >= 0.3 is 0 Å². The number of benzene rings is 3. The first kappa shape index (κ1) is 59.6. The molecule has 2 aliphatic rings. The lowest BCUT2D eigenvalue weighted by atomic mass is 9.85. The Hall–Kier alpha value is -7.48. The van der Waals surface area contributed by atoms with E-state index in [1.54, 1.807) is 55.0 Å². The number of ether oxygens (including phenoxy) is 1. The Balaban J connectivity index is 0.703. The Morgan fingerprint density at radius 2 is 1.59 bits per heavy atom. The maximum absolute atomic E-state index is 14.1. The molecule has 2 saturated heterocycles. The molecule has 6 aromatic rings. The van der Waals surface area contributed by atoms with Crippen LogP contribution in [-0.2, 0) is 25.7 Å². The number of hydrogen-bond donors (Lipinski definition) is 5. The van der Waals surface area contributed by atoms with Crippen molar-refractivity contribution in [2.24, 2.45) is 5.41 Å². The van der Waals surface area contributed by atoms with E-state index < -0.39 is 23.6 Å². The van der Waals surface area contributed by atoms with E-state index in [0.717, 1.165) is 91.4 Å². The maximum Gasteiger partial charge on any atom is 0.257 e. The number of fused-ring (bicyclic) bond motifs is 1. The van der Waals surface area contributed by atoms with Crippen LogP contribution in [-0.4, -0.2) is 123 Å². The Morgan fingerprint density at radius 1 is 0.877 bits per heavy atom. The molecule has 81 heavy (non-hydrogen) atoms. The average molecular weight is 1120 g/mol. The zero-order chi connectivity index (χ0) is 57.6. The van der Waals surface area contributed by atoms with Gasteiger partial charge in [0.1, 0.15) is 17.8 Å². The quantitative estimate of drug-likeness (QED) is 0.0267. The Kier molecular flexibility index (Phi) is 20.5. The number of unbranched alkanes of at least 4 members (excludes halogenated alkanes) is 8. The van der Waals surface area contributed by atoms with Crippen molar-refractivity contribution in [1.29, 1.82) is 0 Å². The monoisotopic (exact) mass is 1120 g/mol. The van der Waals surface area contributed by atoms with Crippen molar-refractivity contribution in [3.05, 3.63) is 124 Å². The van der Waals surface area contributed by atoms with Gasteiger partial charge in [-0.15, -0.1) is 11.3 Å². The summed E-state index contributed by atoms with van der Waals surface area (Å²) in [7, 11) is 1.64. The van der Waals surface area contributed by atoms with Crippen LogP contribution >= 0.6 is 11.3 Å². The molecule has 19 heteroatoms. The number of thiazole rings is 1. The SMILES string of the molecule is C=CC(=O)Nc1cccc(-n2c(=O)cc(C)c3cnc(Nc4ccc(N5CCN(CCCCCCCCCCCC(=O)N[C@H](C(=O)N6C[C@H](O)C[C@H]6C(=O)NCc6ccc(-c7scnc7C)cc6)C(C)(C)C)CC5)cc4OC)nc32)c1. The number of piperazine rings is 1. The summed E-state index contributed by atoms with van der Waals surface area (Å²) in [6.45, 7) is 18.3. The summed E-state index contributed by atoms with van der Waals surface area (Å²) in [6, 6.07) is 20.9. The number of amides is 4. The van der Waals surface area contributed by atoms with Crippen molar-refractivity contribution < 1.29 is 29.0 Å². The fourth-order valence-electron chi connectivity index (χ4n) is 10.7. The van der Waals surface area contributed by atoms with E-state index in [2.05, 4.69) is 53.7 Å². The topological polar surface area (TPSA) is 216 Å². The summed E-state index contributed by atoms with van der Waals surface area (Å²) < 4.78 is 7.36. The lowest BCUT2D eigenvalue weighted by Gasteiger charge is -2.36. The second-order valence-electron chi connectivity index (χ2n) is 22.4. The summed E-state index contributed by atoms with van der Waals surface area (Å²) >= 11 is 1.59. The first-order chi connectivity index (χ1) is 39.0. The molecule has 0 saturated carbocycles. The highest BCUT2D eigenvalue weighted by Gasteiger charge is 2.44. The summed E-state index contributed by atoms with van der Waals surface area (Å²) in [4.78, 5) is 87.5. The van der Waals surface area contributed by atoms with Gasteiger partial charge in [0.05, 0.1) is 40.7 Å². The Morgan fingerprint density at radius 3 is 2.27 bits per heavy atom. The van der Waals surface area contributed by atoms with E-state index in [1.165, 1.54) is 47.6 Å². The lowest BCUT2D eigenvalue weighted by Crippen LogP contribution is -2.57. The number of rotatable bonds is 25. The van der Waals surface area contributed by atoms with Gasteiger partial charge in [0, 0.05) is 87.2 Å². The van der Waals surface area contributed by atoms with Gasteiger partial charge in [0.25, 0.3) is 5.56 Å². The minimum Gasteiger partial charge on any atom is -0.494 e. The van der Waals surface area contributed by atoms with Crippen molar-refractivity contribution in [2.75, 3.05) is 61.9 Å². The number of carbonyl (C=O) groups is 4. The lowest BCUT2D eigenvalue weighted by molar-refractivity contribution is -0.144. The highest BCUT2D eigenvalue weighted by Crippen LogP contribution is 2.34. The number of nitrogens with one attached hydrogen (secondary N) is 4. The van der Waals surface area contributed by atoms with E-state index in [0.29, 0.717) is 46.2 Å². The zero-order valence-corrected chi connectivity index (χ0v) is 48.6. The molecule has 2 fully saturated rings. The zero-order valence-electron chi connectivity index (χ0n) is 47.8. The predicted octanol–water partition coefficient (Wildman–Crippen LogP) is 9.23. The summed E-state index contributed by atoms with van der Waals surface area (Å²) in [5.74, 6) is -0.263. The molecule has 0 bridgehead atoms. The fourth-order valence-corrected chi connectivity index (χ4v) is 11.5. The van der Waals surface area contributed by atoms with Crippen molar-refractivity contribution in [2.45, 2.75) is 130 Å². The van der Waals surface area contributed by atoms with Gasteiger partial charge in [-0.3, -0.25) is 33.4 Å². The molecule has 0 spiro atoms. The number of likely N-dealkylation sites (tertiary alicyclic amines) is 1. The van der Waals surface area contributed by atoms with Crippen molar-refractivity contribution in [1.82, 2.24) is 40.0 Å². The molecule has 2 aliphatic heterocycles. The van der Waals surface area contributed by atoms with E-state index in [1.807, 2.05) is 76.5 Å². The van der Waals surface area contributed by atoms with E-state index in [-0.39, 0.29) is 48.7 Å². The van der Waals surface area contributed by atoms with Crippen LogP contribution in [0.15, 0.2) is 102 Å². The van der Waals surface area contributed by atoms with Crippen molar-refractivity contribution in [3.8, 4) is 21.9 Å². The highest BCUT2D eigenvalue weighted by molar-refractivity contribution is 7.13. The first-order valence-corrected chi connectivity index (χ1v) is 29.3. The molecule has 3 atom stereocenters. The molecule has 4 amide bonds. The van der Waals surface area contributed by atoms with Crippen molar-refractivity contribution >= 4 is 69.0 Å². The number of pyridine rings is 1. The largest absolute Gasteiger partial charge is 0.494 e. The Labute approximate surface area is 479 Å². The molecule has 8 rings (SSSR count). The molecule has 3 aromatic carbocycles. The number of anilines is 4. The van der Waals surface area contributed by atoms with Crippen LogP contribution in [0.25, 0.3) is 27.2 Å². The third-order valence-corrected chi connectivity index (χ3v) is 16.3. The number of hydrogen-bond acceptors (Lipinski definition) is 14. The number of aliphatic hydroxyl groups is 1. The molecular formula is C62H79N11O7S. The predicted molar refractivity (Wildman–Crippen MR) is 321 cm³/mol. The van der Waals surface area contributed by atoms with E-state index in [4.69, 9.17) is 9.72 Å². The molecule has 0 radical (unpaired) electrons. The fraction of sp³-hybridized carbons (Fsp3) is 0.452. The van der Waals surface area contributed by atoms with E-state index in [9.17, 15) is 29.1 Å². The van der Waals surface area contributed by atoms with Gasteiger partial charge in [0.15, 0.2) is 5.65 Å². The molecule has 3 aromatic heterocycles. The van der Waals surface area contributed by atoms with Gasteiger partial charge in [-0.25, -0.2) is 9.97 Å². The second-order valence-corrected chi connectivity index (χ2v) is 23.2. The van der Waals surface area contributed by atoms with Crippen LogP contribution in [0.2, 0.25) is 0 Å². The number of aryl methyl sites for hydroxylation is 2. The first-order valence-electron chi connectivity index (χ1n) is 28.4. The maximum atomic E-state index is 14.1. The standard InChI is InChI=1S/C62H79N11O7S/c1-8-53(75)66-45-19-18-20-47(34-45)73-55(77)33-41(2)49-38-64-61(69-58(49)73)67-50-27-26-46(35-52(50)80-7)71-31-29-70(30-32-71)28-17-15-13-11-9-10-12-14-16-21-54(76)68-57(62(4,5)6)60(79)72-39-48(74)36-51(72)59(78)63-37-43-22-24-44(25-23-43)56-42(3)65-40-81-56/h8,18-20,22-27,33-35,38,40,48,51,57,74H,1,9-17,21,28-32,36-37,39H2,2-7H3,(H,63,78)(H,66,75)(H,68,76)(H,64,67,69)/t48-,51+,57-/m1/s1. The minimum absolute atomic E-state index is 0.0387. The van der Waals surface area contributed by atoms with Gasteiger partial charge in [0.2, 0.25) is 29.6 Å². The molecule has 18 nitrogen and oxygen atoms in total. The van der Waals surface area contributed by atoms with Gasteiger partial charge < -0.3 is 40.9 Å². The number of methoxy groups -OCH3 is 1. The smallest absolute Gasteiger partial charge is 0.257 e. The van der Waals surface area contributed by atoms with Gasteiger partial charge in [-0.05, 0) is 91.7 Å². The molecule has 0 unspecified atom stereocenters. The number of β-amino-alcohol motifs (C(OH)–C–C–N with tert-alkyl or cyclic N) is 1. The molecule has 5 heterocycles. The normalized spacial score (nSPS) is 16.0. The van der Waals surface area contributed by atoms with Crippen LogP contribution in [0.3, 0.4) is 0 Å². The second kappa shape index (κ2) is 27.8. The summed E-state index contributed by atoms with van der Waals surface area (Å²) in [5.41, 5.74) is 7.91. The average Bonchev–Trinajstić information content (AvgIpc) is 4.20. The molecule has 0 aliphatic carbocycles. The summed E-state index contributed by atoms with van der Waals surface area (Å²) in [5, 5.41) is 23.4. The third kappa shape index (κ3) is 15.7. The summed E-state index contributed by atoms with van der Waals surface area (Å²) in [6.07, 6.45) is 12.4. The number of nitrogens with zero attached hydrogens (tertiary/aromatic N) is 7.